The molecule has 1 aromatic heterocycles. The van der Waals surface area contributed by atoms with Gasteiger partial charge in [-0.15, -0.1) is 0 Å². The largest absolute Gasteiger partial charge is 0.462 e. The summed E-state index contributed by atoms with van der Waals surface area (Å²) in [6.07, 6.45) is 1.17. The molecular formula is C31H32ClF4N7O3. The van der Waals surface area contributed by atoms with Gasteiger partial charge in [-0.05, 0) is 49.6 Å². The minimum absolute atomic E-state index is 0.0358. The minimum atomic E-state index is -2.86. The Kier molecular flexibility index (Phi) is 8.35. The first-order valence-corrected chi connectivity index (χ1v) is 15.4. The number of aromatic nitrogens is 2. The lowest BCUT2D eigenvalue weighted by Crippen LogP contribution is -2.56. The molecule has 4 aliphatic rings. The third-order valence-corrected chi connectivity index (χ3v) is 9.78. The number of nitrogens with one attached hydrogen (secondary N) is 1. The summed E-state index contributed by atoms with van der Waals surface area (Å²) in [7, 11) is 1.58. The van der Waals surface area contributed by atoms with E-state index in [2.05, 4.69) is 21.9 Å². The average Bonchev–Trinajstić information content (AvgIpc) is 3.27. The number of hydrogen-bond acceptors (Lipinski definition) is 8. The van der Waals surface area contributed by atoms with Crippen LogP contribution in [-0.2, 0) is 27.8 Å². The van der Waals surface area contributed by atoms with E-state index in [9.17, 15) is 32.4 Å². The molecule has 46 heavy (non-hydrogen) atoms. The van der Waals surface area contributed by atoms with E-state index in [-0.39, 0.29) is 67.5 Å². The van der Waals surface area contributed by atoms with Crippen LogP contribution in [0.5, 0.6) is 6.01 Å². The second-order valence-corrected chi connectivity index (χ2v) is 12.8. The second kappa shape index (κ2) is 12.0. The molecule has 1 aromatic carbocycles. The molecule has 15 heteroatoms. The zero-order valence-electron chi connectivity index (χ0n) is 25.1. The predicted molar refractivity (Wildman–Crippen MR) is 160 cm³/mol. The fourth-order valence-corrected chi connectivity index (χ4v) is 7.49. The lowest BCUT2D eigenvalue weighted by molar-refractivity contribution is -0.131. The zero-order valence-corrected chi connectivity index (χ0v) is 25.8. The summed E-state index contributed by atoms with van der Waals surface area (Å²) in [6.45, 7) is 2.83. The highest BCUT2D eigenvalue weighted by molar-refractivity contribution is 6.31. The van der Waals surface area contributed by atoms with Crippen LogP contribution in [0.4, 0.5) is 29.1 Å². The second-order valence-electron chi connectivity index (χ2n) is 12.4. The number of halogens is 5. The number of likely N-dealkylation sites (tertiary alicyclic amines) is 1. The number of carbonyl (C=O) groups is 2. The number of anilines is 2. The van der Waals surface area contributed by atoms with Crippen molar-refractivity contribution in [3.63, 3.8) is 0 Å². The molecule has 0 bridgehead atoms. The quantitative estimate of drug-likeness (QED) is 0.363. The molecule has 2 aromatic rings. The number of rotatable bonds is 6. The maximum Gasteiger partial charge on any atom is 0.318 e. The molecule has 0 radical (unpaired) electrons. The fourth-order valence-electron chi connectivity index (χ4n) is 7.19. The van der Waals surface area contributed by atoms with E-state index < -0.39 is 53.9 Å². The van der Waals surface area contributed by atoms with Crippen LogP contribution in [0, 0.1) is 17.1 Å². The molecule has 244 valence electrons. The number of amides is 2. The summed E-state index contributed by atoms with van der Waals surface area (Å²) in [5.41, 5.74) is 0.673. The summed E-state index contributed by atoms with van der Waals surface area (Å²) in [6, 6.07) is 3.17. The molecule has 1 aliphatic carbocycles. The number of piperazine rings is 1. The Morgan fingerprint density at radius 1 is 1.28 bits per heavy atom. The molecule has 2 fully saturated rings. The minimum Gasteiger partial charge on any atom is -0.462 e. The van der Waals surface area contributed by atoms with Crippen LogP contribution in [0.1, 0.15) is 42.5 Å². The third-order valence-electron chi connectivity index (χ3n) is 9.44. The van der Waals surface area contributed by atoms with Crippen molar-refractivity contribution in [3.05, 3.63) is 52.2 Å². The molecule has 4 heterocycles. The number of alkyl halides is 2. The molecule has 2 saturated heterocycles. The van der Waals surface area contributed by atoms with Gasteiger partial charge in [0.1, 0.15) is 18.1 Å². The van der Waals surface area contributed by atoms with Gasteiger partial charge in [0.25, 0.3) is 11.8 Å². The number of carbonyl (C=O) groups excluding carboxylic acids is 2. The molecule has 0 saturated carbocycles. The Morgan fingerprint density at radius 3 is 2.76 bits per heavy atom. The summed E-state index contributed by atoms with van der Waals surface area (Å²) in [5, 5.41) is 12.7. The molecule has 2 amide bonds. The molecule has 1 spiro atoms. The van der Waals surface area contributed by atoms with Gasteiger partial charge in [0.05, 0.1) is 36.2 Å². The maximum absolute atomic E-state index is 14.7. The smallest absolute Gasteiger partial charge is 0.318 e. The van der Waals surface area contributed by atoms with Gasteiger partial charge in [-0.25, -0.2) is 17.6 Å². The van der Waals surface area contributed by atoms with Gasteiger partial charge in [-0.2, -0.15) is 15.2 Å². The SMILES string of the molecule is C=C(F)C(=O)N1CCN(c2nc(OC[C@@H]3CC(F)(F)CN3C)nc3c2NC(=O)[C@@]2(CCCc4c(Cl)cc(F)cc42)C3)C[C@@H]1CC#N. The van der Waals surface area contributed by atoms with Gasteiger partial charge < -0.3 is 19.9 Å². The van der Waals surface area contributed by atoms with Crippen molar-refractivity contribution in [2.24, 2.45) is 0 Å². The van der Waals surface area contributed by atoms with Gasteiger partial charge in [0, 0.05) is 43.5 Å². The normalized spacial score (nSPS) is 25.5. The van der Waals surface area contributed by atoms with Gasteiger partial charge in [-0.1, -0.05) is 18.2 Å². The van der Waals surface area contributed by atoms with Crippen molar-refractivity contribution in [1.29, 1.82) is 5.26 Å². The standard InChI is InChI=1S/C31H32ClF4N7O3/c1-17(33)27(44)43-9-8-42(14-19(43)5-7-37)26-25-24(38-29(40-26)46-15-20-12-31(35,36)16-41(20)2)13-30(28(45)39-25)6-3-4-21-22(30)10-18(34)11-23(21)32/h10-11,19-20H,1,3-6,8-9,12-16H2,2H3,(H,39,45)/t19-,20-,30-/m0/s1. The van der Waals surface area contributed by atoms with Crippen LogP contribution in [0.3, 0.4) is 0 Å². The number of nitriles is 1. The van der Waals surface area contributed by atoms with Crippen molar-refractivity contribution >= 4 is 34.9 Å². The van der Waals surface area contributed by atoms with E-state index in [1.54, 1.807) is 11.9 Å². The van der Waals surface area contributed by atoms with Gasteiger partial charge >= 0.3 is 6.01 Å². The van der Waals surface area contributed by atoms with Gasteiger partial charge in [0.15, 0.2) is 11.6 Å². The Balaban J connectivity index is 1.39. The molecule has 6 rings (SSSR count). The lowest BCUT2D eigenvalue weighted by Gasteiger charge is -2.44. The predicted octanol–water partition coefficient (Wildman–Crippen LogP) is 4.17. The number of nitrogens with zero attached hydrogens (tertiary/aromatic N) is 6. The average molecular weight is 662 g/mol. The molecular weight excluding hydrogens is 630 g/mol. The van der Waals surface area contributed by atoms with E-state index in [1.807, 2.05) is 6.07 Å². The molecule has 10 nitrogen and oxygen atoms in total. The van der Waals surface area contributed by atoms with Crippen LogP contribution in [0.2, 0.25) is 5.02 Å². The van der Waals surface area contributed by atoms with Crippen molar-refractivity contribution < 1.29 is 31.9 Å². The van der Waals surface area contributed by atoms with E-state index in [4.69, 9.17) is 16.3 Å². The summed E-state index contributed by atoms with van der Waals surface area (Å²) in [4.78, 5) is 40.2. The number of benzene rings is 1. The zero-order chi connectivity index (χ0) is 33.0. The van der Waals surface area contributed by atoms with Gasteiger partial charge in [-0.3, -0.25) is 14.5 Å². The first-order chi connectivity index (χ1) is 21.8. The van der Waals surface area contributed by atoms with Crippen molar-refractivity contribution in [2.45, 2.75) is 61.9 Å². The summed E-state index contributed by atoms with van der Waals surface area (Å²) < 4.78 is 62.5. The monoisotopic (exact) mass is 661 g/mol. The van der Waals surface area contributed by atoms with Crippen LogP contribution >= 0.6 is 11.6 Å². The first kappa shape index (κ1) is 32.0. The van der Waals surface area contributed by atoms with E-state index in [1.165, 1.54) is 21.9 Å². The Hall–Kier alpha value is -3.96. The van der Waals surface area contributed by atoms with E-state index >= 15 is 0 Å². The Bertz CT molecular complexity index is 1650. The molecule has 0 unspecified atom stereocenters. The first-order valence-electron chi connectivity index (χ1n) is 15.0. The van der Waals surface area contributed by atoms with E-state index in [0.29, 0.717) is 36.1 Å². The van der Waals surface area contributed by atoms with Crippen LogP contribution in [0.15, 0.2) is 24.5 Å². The third kappa shape index (κ3) is 5.75. The van der Waals surface area contributed by atoms with Gasteiger partial charge in [0.2, 0.25) is 5.91 Å². The molecule has 3 atom stereocenters. The van der Waals surface area contributed by atoms with Crippen molar-refractivity contribution in [3.8, 4) is 12.1 Å². The Morgan fingerprint density at radius 2 is 2.07 bits per heavy atom. The van der Waals surface area contributed by atoms with Crippen LogP contribution < -0.4 is 15.0 Å². The number of fused-ring (bicyclic) bond motifs is 3. The molecule has 1 N–H and O–H groups in total. The summed E-state index contributed by atoms with van der Waals surface area (Å²) in [5.74, 6) is -5.62. The highest BCUT2D eigenvalue weighted by atomic mass is 35.5. The number of ether oxygens (including phenoxy) is 1. The van der Waals surface area contributed by atoms with Crippen molar-refractivity contribution in [1.82, 2.24) is 19.8 Å². The van der Waals surface area contributed by atoms with Crippen molar-refractivity contribution in [2.75, 3.05) is 50.1 Å². The lowest BCUT2D eigenvalue weighted by atomic mass is 9.65. The maximum atomic E-state index is 14.7. The fraction of sp³-hybridized carbons (Fsp3) is 0.516. The number of likely N-dealkylation sites (N-methyl/N-ethyl adjacent to an activating group) is 1. The topological polar surface area (TPSA) is 115 Å². The Labute approximate surface area is 268 Å². The highest BCUT2D eigenvalue weighted by Crippen LogP contribution is 2.48. The number of hydrogen-bond donors (Lipinski definition) is 1. The summed E-state index contributed by atoms with van der Waals surface area (Å²) >= 11 is 6.42. The van der Waals surface area contributed by atoms with Crippen LogP contribution in [0.25, 0.3) is 0 Å². The molecule has 3 aliphatic heterocycles. The highest BCUT2D eigenvalue weighted by Gasteiger charge is 2.49. The van der Waals surface area contributed by atoms with E-state index in [0.717, 1.165) is 0 Å². The van der Waals surface area contributed by atoms with Crippen LogP contribution in [-0.4, -0.2) is 89.4 Å².